The largest absolute Gasteiger partial charge is 0.354 e. The maximum Gasteiger partial charge on any atom is 0.324 e. The Morgan fingerprint density at radius 3 is 2.43 bits per heavy atom. The molecule has 2 aliphatic heterocycles. The van der Waals surface area contributed by atoms with Crippen LogP contribution in [0.4, 0.5) is 4.79 Å². The standard InChI is InChI=1S/C14H25N5O2/c1-13(2)9-19(14(13,3)4)11(15-5)16-6-7-18-10(20)8-17-12(18)21/h6-9H2,1-5H3,(H,15,16)(H,17,21). The van der Waals surface area contributed by atoms with Crippen molar-refractivity contribution < 1.29 is 9.59 Å². The number of guanidine groups is 1. The zero-order valence-electron chi connectivity index (χ0n) is 13.5. The van der Waals surface area contributed by atoms with Crippen LogP contribution in [0.25, 0.3) is 0 Å². The van der Waals surface area contributed by atoms with Crippen molar-refractivity contribution in [3.8, 4) is 0 Å². The number of hydrogen-bond donors (Lipinski definition) is 2. The Hall–Kier alpha value is -1.79. The molecular formula is C14H25N5O2. The normalized spacial score (nSPS) is 24.0. The van der Waals surface area contributed by atoms with Gasteiger partial charge in [-0.3, -0.25) is 14.7 Å². The molecule has 7 nitrogen and oxygen atoms in total. The van der Waals surface area contributed by atoms with E-state index < -0.39 is 0 Å². The Morgan fingerprint density at radius 1 is 1.33 bits per heavy atom. The van der Waals surface area contributed by atoms with Gasteiger partial charge in [-0.1, -0.05) is 13.8 Å². The molecule has 0 bridgehead atoms. The fraction of sp³-hybridized carbons (Fsp3) is 0.786. The molecule has 7 heteroatoms. The average molecular weight is 295 g/mol. The van der Waals surface area contributed by atoms with E-state index in [1.165, 1.54) is 4.90 Å². The summed E-state index contributed by atoms with van der Waals surface area (Å²) in [4.78, 5) is 30.7. The maximum absolute atomic E-state index is 11.5. The summed E-state index contributed by atoms with van der Waals surface area (Å²) < 4.78 is 0. The second kappa shape index (κ2) is 5.20. The number of carbonyl (C=O) groups excluding carboxylic acids is 2. The number of carbonyl (C=O) groups is 2. The molecule has 0 saturated carbocycles. The highest BCUT2D eigenvalue weighted by Gasteiger charge is 2.53. The highest BCUT2D eigenvalue weighted by atomic mass is 16.2. The first kappa shape index (κ1) is 15.6. The van der Waals surface area contributed by atoms with E-state index in [1.807, 2.05) is 0 Å². The predicted molar refractivity (Wildman–Crippen MR) is 81.0 cm³/mol. The van der Waals surface area contributed by atoms with Crippen LogP contribution in [0.1, 0.15) is 27.7 Å². The zero-order chi connectivity index (χ0) is 15.8. The molecule has 2 heterocycles. The average Bonchev–Trinajstić information content (AvgIpc) is 2.73. The molecule has 0 radical (unpaired) electrons. The predicted octanol–water partition coefficient (Wildman–Crippen LogP) is 0.234. The van der Waals surface area contributed by atoms with Crippen LogP contribution in [0.2, 0.25) is 0 Å². The minimum Gasteiger partial charge on any atom is -0.354 e. The summed E-state index contributed by atoms with van der Waals surface area (Å²) in [7, 11) is 1.75. The van der Waals surface area contributed by atoms with Crippen LogP contribution in [-0.2, 0) is 4.79 Å². The van der Waals surface area contributed by atoms with Crippen molar-refractivity contribution in [2.45, 2.75) is 33.2 Å². The van der Waals surface area contributed by atoms with Gasteiger partial charge in [-0.25, -0.2) is 4.79 Å². The monoisotopic (exact) mass is 295 g/mol. The van der Waals surface area contributed by atoms with E-state index in [2.05, 4.69) is 48.2 Å². The van der Waals surface area contributed by atoms with E-state index in [1.54, 1.807) is 7.05 Å². The van der Waals surface area contributed by atoms with Gasteiger partial charge in [-0.05, 0) is 13.8 Å². The van der Waals surface area contributed by atoms with Gasteiger partial charge in [0.1, 0.15) is 0 Å². The van der Waals surface area contributed by atoms with Gasteiger partial charge in [0, 0.05) is 37.6 Å². The van der Waals surface area contributed by atoms with E-state index in [4.69, 9.17) is 0 Å². The number of likely N-dealkylation sites (tertiary alicyclic amines) is 1. The molecule has 0 aromatic heterocycles. The third-order valence-corrected chi connectivity index (χ3v) is 4.91. The molecule has 2 rings (SSSR count). The van der Waals surface area contributed by atoms with E-state index in [0.29, 0.717) is 13.1 Å². The van der Waals surface area contributed by atoms with Gasteiger partial charge >= 0.3 is 6.03 Å². The lowest BCUT2D eigenvalue weighted by Gasteiger charge is -2.62. The topological polar surface area (TPSA) is 77.0 Å². The van der Waals surface area contributed by atoms with E-state index >= 15 is 0 Å². The molecule has 0 aromatic carbocycles. The molecule has 0 spiro atoms. The van der Waals surface area contributed by atoms with Crippen molar-refractivity contribution >= 4 is 17.9 Å². The summed E-state index contributed by atoms with van der Waals surface area (Å²) in [6.45, 7) is 10.7. The minimum absolute atomic E-state index is 0.0235. The van der Waals surface area contributed by atoms with Crippen LogP contribution in [0, 0.1) is 5.41 Å². The number of imide groups is 1. The molecular weight excluding hydrogens is 270 g/mol. The van der Waals surface area contributed by atoms with Gasteiger partial charge in [-0.15, -0.1) is 0 Å². The summed E-state index contributed by atoms with van der Waals surface area (Å²) in [5, 5.41) is 5.74. The highest BCUT2D eigenvalue weighted by Crippen LogP contribution is 2.46. The van der Waals surface area contributed by atoms with Crippen LogP contribution in [0.15, 0.2) is 4.99 Å². The number of urea groups is 1. The fourth-order valence-corrected chi connectivity index (χ4v) is 2.66. The quantitative estimate of drug-likeness (QED) is 0.444. The van der Waals surface area contributed by atoms with Crippen LogP contribution >= 0.6 is 0 Å². The third-order valence-electron chi connectivity index (χ3n) is 4.91. The second-order valence-electron chi connectivity index (χ2n) is 6.71. The zero-order valence-corrected chi connectivity index (χ0v) is 13.5. The van der Waals surface area contributed by atoms with Crippen LogP contribution in [0.5, 0.6) is 0 Å². The molecule has 118 valence electrons. The second-order valence-corrected chi connectivity index (χ2v) is 6.71. The molecule has 0 atom stereocenters. The van der Waals surface area contributed by atoms with Crippen LogP contribution in [0.3, 0.4) is 0 Å². The molecule has 2 fully saturated rings. The van der Waals surface area contributed by atoms with Crippen molar-refractivity contribution in [1.82, 2.24) is 20.4 Å². The maximum atomic E-state index is 11.5. The number of hydrogen-bond acceptors (Lipinski definition) is 3. The molecule has 2 N–H and O–H groups in total. The number of nitrogens with one attached hydrogen (secondary N) is 2. The fourth-order valence-electron chi connectivity index (χ4n) is 2.66. The van der Waals surface area contributed by atoms with Crippen molar-refractivity contribution in [3.63, 3.8) is 0 Å². The minimum atomic E-state index is -0.317. The number of amides is 3. The van der Waals surface area contributed by atoms with Crippen molar-refractivity contribution in [3.05, 3.63) is 0 Å². The Labute approximate surface area is 125 Å². The smallest absolute Gasteiger partial charge is 0.324 e. The lowest BCUT2D eigenvalue weighted by Crippen LogP contribution is -2.72. The van der Waals surface area contributed by atoms with Gasteiger partial charge in [0.05, 0.1) is 6.54 Å². The summed E-state index contributed by atoms with van der Waals surface area (Å²) in [5.74, 6) is 0.633. The molecule has 2 saturated heterocycles. The lowest BCUT2D eigenvalue weighted by atomic mass is 9.65. The molecule has 21 heavy (non-hydrogen) atoms. The van der Waals surface area contributed by atoms with E-state index in [9.17, 15) is 9.59 Å². The Balaban J connectivity index is 1.88. The van der Waals surface area contributed by atoms with Gasteiger partial charge < -0.3 is 15.5 Å². The summed E-state index contributed by atoms with van der Waals surface area (Å²) >= 11 is 0. The van der Waals surface area contributed by atoms with Crippen LogP contribution in [-0.4, -0.2) is 66.5 Å². The van der Waals surface area contributed by atoms with E-state index in [0.717, 1.165) is 12.5 Å². The van der Waals surface area contributed by atoms with Crippen molar-refractivity contribution in [1.29, 1.82) is 0 Å². The molecule has 0 aliphatic carbocycles. The van der Waals surface area contributed by atoms with Gasteiger partial charge in [0.25, 0.3) is 0 Å². The van der Waals surface area contributed by atoms with Gasteiger partial charge in [0.2, 0.25) is 5.91 Å². The van der Waals surface area contributed by atoms with Crippen LogP contribution < -0.4 is 10.6 Å². The highest BCUT2D eigenvalue weighted by molar-refractivity contribution is 6.01. The van der Waals surface area contributed by atoms with Crippen molar-refractivity contribution in [2.75, 3.05) is 33.2 Å². The van der Waals surface area contributed by atoms with Crippen molar-refractivity contribution in [2.24, 2.45) is 10.4 Å². The molecule has 0 aromatic rings. The Kier molecular flexibility index (Phi) is 3.86. The summed E-state index contributed by atoms with van der Waals surface area (Å²) in [5.41, 5.74) is 0.255. The third kappa shape index (κ3) is 2.56. The SMILES string of the molecule is CN=C(NCCN1C(=O)CNC1=O)N1CC(C)(C)C1(C)C. The summed E-state index contributed by atoms with van der Waals surface area (Å²) in [6.07, 6.45) is 0. The lowest BCUT2D eigenvalue weighted by molar-refractivity contribution is -0.124. The number of aliphatic imine (C=N–C) groups is 1. The first-order valence-electron chi connectivity index (χ1n) is 7.27. The molecule has 2 aliphatic rings. The van der Waals surface area contributed by atoms with E-state index in [-0.39, 0.29) is 29.4 Å². The number of rotatable bonds is 3. The number of nitrogens with zero attached hydrogens (tertiary/aromatic N) is 3. The Morgan fingerprint density at radius 2 is 2.00 bits per heavy atom. The van der Waals surface area contributed by atoms with Gasteiger partial charge in [0.15, 0.2) is 5.96 Å². The molecule has 3 amide bonds. The summed E-state index contributed by atoms with van der Waals surface area (Å²) in [6, 6.07) is -0.317. The van der Waals surface area contributed by atoms with Gasteiger partial charge in [-0.2, -0.15) is 0 Å². The first-order chi connectivity index (χ1) is 9.70. The Bertz CT molecular complexity index is 468. The first-order valence-corrected chi connectivity index (χ1v) is 7.27. The molecule has 0 unspecified atom stereocenters.